The average Bonchev–Trinajstić information content (AvgIpc) is 3.01. The van der Waals surface area contributed by atoms with Crippen LogP contribution in [0.25, 0.3) is 0 Å². The first-order valence-corrected chi connectivity index (χ1v) is 7.66. The zero-order valence-corrected chi connectivity index (χ0v) is 12.9. The van der Waals surface area contributed by atoms with Crippen molar-refractivity contribution in [3.05, 3.63) is 23.8 Å². The Morgan fingerprint density at radius 2 is 2.14 bits per heavy atom. The van der Waals surface area contributed by atoms with Crippen molar-refractivity contribution in [3.63, 3.8) is 0 Å². The van der Waals surface area contributed by atoms with Gasteiger partial charge in [-0.05, 0) is 58.0 Å². The maximum atomic E-state index is 12.2. The fraction of sp³-hybridized carbons (Fsp3) is 0.562. The Morgan fingerprint density at radius 3 is 2.76 bits per heavy atom. The Hall–Kier alpha value is -1.75. The molecule has 21 heavy (non-hydrogen) atoms. The molecule has 1 heterocycles. The van der Waals surface area contributed by atoms with E-state index in [1.165, 1.54) is 12.8 Å². The summed E-state index contributed by atoms with van der Waals surface area (Å²) in [6.45, 7) is 7.53. The normalized spacial score (nSPS) is 16.7. The van der Waals surface area contributed by atoms with Crippen LogP contribution in [0.3, 0.4) is 0 Å². The molecule has 1 unspecified atom stereocenters. The van der Waals surface area contributed by atoms with Crippen molar-refractivity contribution in [1.29, 1.82) is 0 Å². The third-order valence-electron chi connectivity index (χ3n) is 3.89. The van der Waals surface area contributed by atoms with Crippen molar-refractivity contribution in [1.82, 2.24) is 10.2 Å². The fourth-order valence-electron chi connectivity index (χ4n) is 2.63. The van der Waals surface area contributed by atoms with E-state index >= 15 is 0 Å². The third-order valence-corrected chi connectivity index (χ3v) is 3.89. The highest BCUT2D eigenvalue weighted by molar-refractivity contribution is 5.95. The molecular weight excluding hydrogens is 266 g/mol. The molecule has 1 aliphatic heterocycles. The molecule has 1 aromatic rings. The molecule has 0 saturated carbocycles. The minimum atomic E-state index is -0.0872. The van der Waals surface area contributed by atoms with Crippen molar-refractivity contribution >= 4 is 11.6 Å². The van der Waals surface area contributed by atoms with E-state index in [9.17, 15) is 4.79 Å². The minimum Gasteiger partial charge on any atom is -0.492 e. The van der Waals surface area contributed by atoms with Gasteiger partial charge < -0.3 is 15.8 Å². The molecule has 0 spiro atoms. The van der Waals surface area contributed by atoms with Gasteiger partial charge in [0.05, 0.1) is 12.3 Å². The predicted molar refractivity (Wildman–Crippen MR) is 84.6 cm³/mol. The highest BCUT2D eigenvalue weighted by Gasteiger charge is 2.18. The van der Waals surface area contributed by atoms with Crippen LogP contribution in [-0.4, -0.2) is 43.1 Å². The Balaban J connectivity index is 1.89. The van der Waals surface area contributed by atoms with E-state index in [1.54, 1.807) is 18.2 Å². The number of ether oxygens (including phenoxy) is 1. The number of nitrogen functional groups attached to an aromatic ring is 1. The number of carbonyl (C=O) groups excluding carboxylic acids is 1. The molecule has 2 rings (SSSR count). The van der Waals surface area contributed by atoms with Gasteiger partial charge in [-0.25, -0.2) is 0 Å². The molecule has 1 saturated heterocycles. The summed E-state index contributed by atoms with van der Waals surface area (Å²) in [5.41, 5.74) is 6.96. The second kappa shape index (κ2) is 7.31. The molecule has 0 aromatic heterocycles. The lowest BCUT2D eigenvalue weighted by Gasteiger charge is -2.23. The van der Waals surface area contributed by atoms with E-state index in [0.717, 1.165) is 13.1 Å². The van der Waals surface area contributed by atoms with E-state index in [0.29, 0.717) is 36.2 Å². The summed E-state index contributed by atoms with van der Waals surface area (Å²) in [7, 11) is 0. The van der Waals surface area contributed by atoms with Gasteiger partial charge in [0.2, 0.25) is 0 Å². The number of amides is 1. The second-order valence-electron chi connectivity index (χ2n) is 5.49. The van der Waals surface area contributed by atoms with E-state index < -0.39 is 0 Å². The number of benzene rings is 1. The molecule has 1 aromatic carbocycles. The van der Waals surface area contributed by atoms with Crippen LogP contribution in [0, 0.1) is 0 Å². The van der Waals surface area contributed by atoms with E-state index in [1.807, 2.05) is 6.92 Å². The number of hydrogen-bond donors (Lipinski definition) is 2. The lowest BCUT2D eigenvalue weighted by Crippen LogP contribution is -2.40. The number of anilines is 1. The predicted octanol–water partition coefficient (Wildman–Crippen LogP) is 1.88. The second-order valence-corrected chi connectivity index (χ2v) is 5.49. The van der Waals surface area contributed by atoms with Crippen molar-refractivity contribution in [2.45, 2.75) is 32.7 Å². The average molecular weight is 291 g/mol. The highest BCUT2D eigenvalue weighted by Crippen LogP contribution is 2.22. The lowest BCUT2D eigenvalue weighted by molar-refractivity contribution is 0.0940. The smallest absolute Gasteiger partial charge is 0.251 e. The number of rotatable bonds is 6. The van der Waals surface area contributed by atoms with Gasteiger partial charge in [0, 0.05) is 18.2 Å². The van der Waals surface area contributed by atoms with Gasteiger partial charge in [-0.2, -0.15) is 0 Å². The van der Waals surface area contributed by atoms with Gasteiger partial charge in [-0.3, -0.25) is 9.69 Å². The zero-order valence-electron chi connectivity index (χ0n) is 12.9. The molecule has 1 amide bonds. The number of carbonyl (C=O) groups is 1. The topological polar surface area (TPSA) is 67.6 Å². The van der Waals surface area contributed by atoms with Crippen LogP contribution >= 0.6 is 0 Å². The largest absolute Gasteiger partial charge is 0.492 e. The van der Waals surface area contributed by atoms with E-state index in [2.05, 4.69) is 17.1 Å². The van der Waals surface area contributed by atoms with Crippen LogP contribution in [0.1, 0.15) is 37.0 Å². The first kappa shape index (κ1) is 15.6. The number of nitrogens with one attached hydrogen (secondary N) is 1. The maximum absolute atomic E-state index is 12.2. The van der Waals surface area contributed by atoms with Gasteiger partial charge in [0.1, 0.15) is 5.75 Å². The Labute approximate surface area is 126 Å². The summed E-state index contributed by atoms with van der Waals surface area (Å²) in [6, 6.07) is 5.53. The van der Waals surface area contributed by atoms with E-state index in [4.69, 9.17) is 10.5 Å². The summed E-state index contributed by atoms with van der Waals surface area (Å²) < 4.78 is 5.37. The molecule has 5 nitrogen and oxygen atoms in total. The first-order valence-electron chi connectivity index (χ1n) is 7.66. The molecular formula is C16H25N3O2. The molecule has 1 fully saturated rings. The summed E-state index contributed by atoms with van der Waals surface area (Å²) in [5, 5.41) is 2.98. The van der Waals surface area contributed by atoms with Gasteiger partial charge in [-0.1, -0.05) is 0 Å². The van der Waals surface area contributed by atoms with Crippen LogP contribution in [0.2, 0.25) is 0 Å². The van der Waals surface area contributed by atoms with Crippen molar-refractivity contribution in [2.75, 3.05) is 32.0 Å². The third kappa shape index (κ3) is 4.11. The zero-order chi connectivity index (χ0) is 15.2. The van der Waals surface area contributed by atoms with Crippen LogP contribution in [0.4, 0.5) is 5.69 Å². The van der Waals surface area contributed by atoms with Crippen molar-refractivity contribution in [3.8, 4) is 5.75 Å². The minimum absolute atomic E-state index is 0.0872. The lowest BCUT2D eigenvalue weighted by atomic mass is 10.1. The molecule has 1 atom stereocenters. The Morgan fingerprint density at radius 1 is 1.43 bits per heavy atom. The van der Waals surface area contributed by atoms with E-state index in [-0.39, 0.29) is 5.91 Å². The van der Waals surface area contributed by atoms with Crippen molar-refractivity contribution < 1.29 is 9.53 Å². The molecule has 0 aliphatic carbocycles. The SMILES string of the molecule is CCOc1ccc(C(=O)NCC(C)N2CCCC2)cc1N. The van der Waals surface area contributed by atoms with Gasteiger partial charge in [-0.15, -0.1) is 0 Å². The number of likely N-dealkylation sites (tertiary alicyclic amines) is 1. The van der Waals surface area contributed by atoms with Gasteiger partial charge >= 0.3 is 0 Å². The summed E-state index contributed by atoms with van der Waals surface area (Å²) in [5.74, 6) is 0.537. The molecule has 5 heteroatoms. The van der Waals surface area contributed by atoms with Crippen LogP contribution in [0.5, 0.6) is 5.75 Å². The molecule has 1 aliphatic rings. The van der Waals surface area contributed by atoms with Gasteiger partial charge in [0.25, 0.3) is 5.91 Å². The monoisotopic (exact) mass is 291 g/mol. The standard InChI is InChI=1S/C16H25N3O2/c1-3-21-15-7-6-13(10-14(15)17)16(20)18-11-12(2)19-8-4-5-9-19/h6-7,10,12H,3-5,8-9,11,17H2,1-2H3,(H,18,20). The summed E-state index contributed by atoms with van der Waals surface area (Å²) in [4.78, 5) is 14.6. The number of hydrogen-bond acceptors (Lipinski definition) is 4. The highest BCUT2D eigenvalue weighted by atomic mass is 16.5. The molecule has 0 bridgehead atoms. The summed E-state index contributed by atoms with van der Waals surface area (Å²) in [6.07, 6.45) is 2.52. The van der Waals surface area contributed by atoms with Crippen LogP contribution in [-0.2, 0) is 0 Å². The quantitative estimate of drug-likeness (QED) is 0.785. The molecule has 116 valence electrons. The van der Waals surface area contributed by atoms with Crippen LogP contribution < -0.4 is 15.8 Å². The Bertz CT molecular complexity index is 484. The van der Waals surface area contributed by atoms with Crippen molar-refractivity contribution in [2.24, 2.45) is 0 Å². The first-order chi connectivity index (χ1) is 10.1. The fourth-order valence-corrected chi connectivity index (χ4v) is 2.63. The molecule has 0 radical (unpaired) electrons. The number of nitrogens with two attached hydrogens (primary N) is 1. The number of nitrogens with zero attached hydrogens (tertiary/aromatic N) is 1. The maximum Gasteiger partial charge on any atom is 0.251 e. The Kier molecular flexibility index (Phi) is 5.44. The summed E-state index contributed by atoms with van der Waals surface area (Å²) >= 11 is 0. The molecule has 3 N–H and O–H groups in total. The van der Waals surface area contributed by atoms with Gasteiger partial charge in [0.15, 0.2) is 0 Å². The van der Waals surface area contributed by atoms with Crippen LogP contribution in [0.15, 0.2) is 18.2 Å².